The van der Waals surface area contributed by atoms with Crippen LogP contribution in [0.2, 0.25) is 0 Å². The molecule has 0 atom stereocenters. The Morgan fingerprint density at radius 2 is 2.18 bits per heavy atom. The predicted octanol–water partition coefficient (Wildman–Crippen LogP) is 3.27. The van der Waals surface area contributed by atoms with Crippen LogP contribution in [-0.2, 0) is 12.8 Å². The van der Waals surface area contributed by atoms with Gasteiger partial charge in [-0.15, -0.1) is 0 Å². The van der Waals surface area contributed by atoms with Gasteiger partial charge in [-0.05, 0) is 47.0 Å². The van der Waals surface area contributed by atoms with Crippen molar-refractivity contribution in [1.29, 1.82) is 0 Å². The highest BCUT2D eigenvalue weighted by Crippen LogP contribution is 2.25. The molecular formula is C13H15BrN2O. The summed E-state index contributed by atoms with van der Waals surface area (Å²) in [5.41, 5.74) is 2.38. The van der Waals surface area contributed by atoms with Crippen molar-refractivity contribution in [3.05, 3.63) is 46.0 Å². The number of hydrogen-bond acceptors (Lipinski definition) is 2. The van der Waals surface area contributed by atoms with E-state index in [1.54, 1.807) is 7.11 Å². The summed E-state index contributed by atoms with van der Waals surface area (Å²) in [7, 11) is 1.67. The molecule has 1 N–H and O–H groups in total. The SMILES string of the molecule is COc1ccc(CCc2ncc(C)[nH]2)cc1Br. The van der Waals surface area contributed by atoms with Gasteiger partial charge in [0.1, 0.15) is 11.6 Å². The molecule has 0 unspecified atom stereocenters. The number of methoxy groups -OCH3 is 1. The monoisotopic (exact) mass is 294 g/mol. The average Bonchev–Trinajstić information content (AvgIpc) is 2.73. The molecule has 1 aromatic carbocycles. The third kappa shape index (κ3) is 3.09. The average molecular weight is 295 g/mol. The van der Waals surface area contributed by atoms with Crippen LogP contribution in [0, 0.1) is 6.92 Å². The van der Waals surface area contributed by atoms with Crippen LogP contribution < -0.4 is 4.74 Å². The lowest BCUT2D eigenvalue weighted by Crippen LogP contribution is -1.94. The molecule has 1 aromatic heterocycles. The molecule has 0 bridgehead atoms. The molecule has 0 saturated heterocycles. The predicted molar refractivity (Wildman–Crippen MR) is 71.4 cm³/mol. The molecule has 4 heteroatoms. The summed E-state index contributed by atoms with van der Waals surface area (Å²) in [6.07, 6.45) is 3.75. The lowest BCUT2D eigenvalue weighted by molar-refractivity contribution is 0.412. The van der Waals surface area contributed by atoms with Crippen LogP contribution >= 0.6 is 15.9 Å². The Balaban J connectivity index is 2.02. The third-order valence-electron chi connectivity index (χ3n) is 2.62. The highest BCUT2D eigenvalue weighted by atomic mass is 79.9. The maximum atomic E-state index is 5.20. The normalized spacial score (nSPS) is 10.5. The number of benzene rings is 1. The van der Waals surface area contributed by atoms with Gasteiger partial charge >= 0.3 is 0 Å². The summed E-state index contributed by atoms with van der Waals surface area (Å²) < 4.78 is 6.19. The van der Waals surface area contributed by atoms with E-state index in [2.05, 4.69) is 38.0 Å². The van der Waals surface area contributed by atoms with E-state index in [4.69, 9.17) is 4.74 Å². The number of imidazole rings is 1. The van der Waals surface area contributed by atoms with Crippen molar-refractivity contribution in [2.45, 2.75) is 19.8 Å². The van der Waals surface area contributed by atoms with Gasteiger partial charge in [0.25, 0.3) is 0 Å². The molecule has 0 saturated carbocycles. The fraction of sp³-hybridized carbons (Fsp3) is 0.308. The number of hydrogen-bond donors (Lipinski definition) is 1. The van der Waals surface area contributed by atoms with Crippen molar-refractivity contribution in [3.8, 4) is 5.75 Å². The summed E-state index contributed by atoms with van der Waals surface area (Å²) in [4.78, 5) is 7.53. The zero-order valence-corrected chi connectivity index (χ0v) is 11.5. The zero-order chi connectivity index (χ0) is 12.3. The Labute approximate surface area is 109 Å². The first-order chi connectivity index (χ1) is 8.19. The number of aryl methyl sites for hydroxylation is 3. The van der Waals surface area contributed by atoms with Gasteiger partial charge in [-0.3, -0.25) is 0 Å². The minimum atomic E-state index is 0.864. The van der Waals surface area contributed by atoms with E-state index >= 15 is 0 Å². The van der Waals surface area contributed by atoms with Gasteiger partial charge in [0, 0.05) is 18.3 Å². The maximum absolute atomic E-state index is 5.20. The quantitative estimate of drug-likeness (QED) is 0.940. The molecule has 0 fully saturated rings. The molecule has 0 amide bonds. The molecule has 90 valence electrons. The number of halogens is 1. The number of nitrogens with zero attached hydrogens (tertiary/aromatic N) is 1. The molecule has 0 aliphatic rings. The second kappa shape index (κ2) is 5.36. The molecule has 17 heavy (non-hydrogen) atoms. The Morgan fingerprint density at radius 1 is 1.35 bits per heavy atom. The van der Waals surface area contributed by atoms with Gasteiger partial charge in [0.05, 0.1) is 11.6 Å². The topological polar surface area (TPSA) is 37.9 Å². The number of nitrogens with one attached hydrogen (secondary N) is 1. The van der Waals surface area contributed by atoms with Crippen LogP contribution in [-0.4, -0.2) is 17.1 Å². The second-order valence-corrected chi connectivity index (χ2v) is 4.84. The van der Waals surface area contributed by atoms with Crippen LogP contribution in [0.15, 0.2) is 28.9 Å². The minimum Gasteiger partial charge on any atom is -0.496 e. The lowest BCUT2D eigenvalue weighted by Gasteiger charge is -2.05. The highest BCUT2D eigenvalue weighted by molar-refractivity contribution is 9.10. The molecule has 0 aliphatic heterocycles. The lowest BCUT2D eigenvalue weighted by atomic mass is 10.1. The molecule has 0 spiro atoms. The summed E-state index contributed by atoms with van der Waals surface area (Å²) in [6, 6.07) is 6.15. The summed E-state index contributed by atoms with van der Waals surface area (Å²) in [5.74, 6) is 1.90. The second-order valence-electron chi connectivity index (χ2n) is 3.98. The van der Waals surface area contributed by atoms with Crippen molar-refractivity contribution in [3.63, 3.8) is 0 Å². The summed E-state index contributed by atoms with van der Waals surface area (Å²) in [6.45, 7) is 2.01. The van der Waals surface area contributed by atoms with Crippen molar-refractivity contribution in [1.82, 2.24) is 9.97 Å². The van der Waals surface area contributed by atoms with Crippen LogP contribution in [0.5, 0.6) is 5.75 Å². The van der Waals surface area contributed by atoms with E-state index in [1.807, 2.05) is 19.2 Å². The van der Waals surface area contributed by atoms with Gasteiger partial charge in [-0.1, -0.05) is 6.07 Å². The number of rotatable bonds is 4. The molecule has 0 radical (unpaired) electrons. The largest absolute Gasteiger partial charge is 0.496 e. The Kier molecular flexibility index (Phi) is 3.84. The van der Waals surface area contributed by atoms with Crippen molar-refractivity contribution in [2.75, 3.05) is 7.11 Å². The summed E-state index contributed by atoms with van der Waals surface area (Å²) >= 11 is 3.49. The first-order valence-electron chi connectivity index (χ1n) is 5.52. The summed E-state index contributed by atoms with van der Waals surface area (Å²) in [5, 5.41) is 0. The number of aromatic nitrogens is 2. The molecular weight excluding hydrogens is 280 g/mol. The van der Waals surface area contributed by atoms with Crippen molar-refractivity contribution < 1.29 is 4.74 Å². The zero-order valence-electron chi connectivity index (χ0n) is 9.96. The minimum absolute atomic E-state index is 0.864. The van der Waals surface area contributed by atoms with E-state index in [1.165, 1.54) is 5.56 Å². The van der Waals surface area contributed by atoms with Gasteiger partial charge in [-0.2, -0.15) is 0 Å². The first kappa shape index (κ1) is 12.2. The van der Waals surface area contributed by atoms with Crippen molar-refractivity contribution in [2.24, 2.45) is 0 Å². The Morgan fingerprint density at radius 3 is 2.76 bits per heavy atom. The third-order valence-corrected chi connectivity index (χ3v) is 3.24. The molecule has 3 nitrogen and oxygen atoms in total. The van der Waals surface area contributed by atoms with E-state index < -0.39 is 0 Å². The van der Waals surface area contributed by atoms with Crippen LogP contribution in [0.1, 0.15) is 17.1 Å². The molecule has 0 aliphatic carbocycles. The Bertz CT molecular complexity index is 508. The molecule has 2 rings (SSSR count). The number of ether oxygens (including phenoxy) is 1. The van der Waals surface area contributed by atoms with Gasteiger partial charge in [0.15, 0.2) is 0 Å². The smallest absolute Gasteiger partial charge is 0.133 e. The number of aromatic amines is 1. The van der Waals surface area contributed by atoms with Crippen LogP contribution in [0.25, 0.3) is 0 Å². The molecule has 2 aromatic rings. The fourth-order valence-electron chi connectivity index (χ4n) is 1.72. The number of H-pyrrole nitrogens is 1. The first-order valence-corrected chi connectivity index (χ1v) is 6.31. The highest BCUT2D eigenvalue weighted by Gasteiger charge is 2.03. The maximum Gasteiger partial charge on any atom is 0.133 e. The Hall–Kier alpha value is -1.29. The van der Waals surface area contributed by atoms with Crippen LogP contribution in [0.3, 0.4) is 0 Å². The van der Waals surface area contributed by atoms with Crippen molar-refractivity contribution >= 4 is 15.9 Å². The van der Waals surface area contributed by atoms with Gasteiger partial charge < -0.3 is 9.72 Å². The fourth-order valence-corrected chi connectivity index (χ4v) is 2.31. The van der Waals surface area contributed by atoms with E-state index in [0.717, 1.165) is 34.6 Å². The van der Waals surface area contributed by atoms with E-state index in [-0.39, 0.29) is 0 Å². The molecule has 1 heterocycles. The van der Waals surface area contributed by atoms with Gasteiger partial charge in [-0.25, -0.2) is 4.98 Å². The van der Waals surface area contributed by atoms with E-state index in [0.29, 0.717) is 0 Å². The van der Waals surface area contributed by atoms with E-state index in [9.17, 15) is 0 Å². The van der Waals surface area contributed by atoms with Gasteiger partial charge in [0.2, 0.25) is 0 Å². The standard InChI is InChI=1S/C13H15BrN2O/c1-9-8-15-13(16-9)6-4-10-3-5-12(17-2)11(14)7-10/h3,5,7-8H,4,6H2,1-2H3,(H,15,16). The van der Waals surface area contributed by atoms with Crippen LogP contribution in [0.4, 0.5) is 0 Å².